The first-order chi connectivity index (χ1) is 11.3. The average Bonchev–Trinajstić information content (AvgIpc) is 2.55. The lowest BCUT2D eigenvalue weighted by molar-refractivity contribution is -0.137. The summed E-state index contributed by atoms with van der Waals surface area (Å²) in [6.45, 7) is 1.74. The fourth-order valence-corrected chi connectivity index (χ4v) is 2.00. The Morgan fingerprint density at radius 3 is 1.83 bits per heavy atom. The summed E-state index contributed by atoms with van der Waals surface area (Å²) < 4.78 is 70.0. The zero-order chi connectivity index (χ0) is 17.7. The van der Waals surface area contributed by atoms with Gasteiger partial charge in [-0.15, -0.1) is 0 Å². The van der Waals surface area contributed by atoms with E-state index in [1.54, 1.807) is 6.92 Å². The smallest absolute Gasteiger partial charge is 0.416 e. The summed E-state index contributed by atoms with van der Waals surface area (Å²) in [4.78, 5) is 0. The van der Waals surface area contributed by atoms with Crippen molar-refractivity contribution in [2.24, 2.45) is 0 Å². The van der Waals surface area contributed by atoms with E-state index in [1.165, 1.54) is 36.4 Å². The van der Waals surface area contributed by atoms with Crippen LogP contribution in [0.25, 0.3) is 5.83 Å². The van der Waals surface area contributed by atoms with Crippen molar-refractivity contribution in [3.63, 3.8) is 0 Å². The minimum Gasteiger partial charge on any atom is -0.457 e. The fourth-order valence-electron chi connectivity index (χ4n) is 2.00. The van der Waals surface area contributed by atoms with Crippen LogP contribution < -0.4 is 4.74 Å². The summed E-state index contributed by atoms with van der Waals surface area (Å²) in [7, 11) is 0. The van der Waals surface area contributed by atoms with Crippen molar-refractivity contribution in [1.82, 2.24) is 0 Å². The van der Waals surface area contributed by atoms with Gasteiger partial charge < -0.3 is 4.74 Å². The van der Waals surface area contributed by atoms with Gasteiger partial charge in [-0.3, -0.25) is 0 Å². The third-order valence-electron chi connectivity index (χ3n) is 3.23. The summed E-state index contributed by atoms with van der Waals surface area (Å²) in [5, 5.41) is 0. The maximum absolute atomic E-state index is 13.8. The molecule has 0 fully saturated rings. The molecule has 1 nitrogen and oxygen atoms in total. The molecule has 0 aliphatic rings. The van der Waals surface area contributed by atoms with Gasteiger partial charge in [0, 0.05) is 12.0 Å². The quantitative estimate of drug-likeness (QED) is 0.537. The third-order valence-corrected chi connectivity index (χ3v) is 3.23. The third kappa shape index (κ3) is 4.57. The van der Waals surface area contributed by atoms with E-state index in [0.29, 0.717) is 12.2 Å². The van der Waals surface area contributed by atoms with Crippen LogP contribution in [0.3, 0.4) is 0 Å². The predicted octanol–water partition coefficient (Wildman–Crippen LogP) is 6.91. The highest BCUT2D eigenvalue weighted by molar-refractivity contribution is 5.61. The second-order valence-electron chi connectivity index (χ2n) is 5.12. The molecule has 128 valence electrons. The maximum atomic E-state index is 13.8. The zero-order valence-electron chi connectivity index (χ0n) is 12.8. The van der Waals surface area contributed by atoms with E-state index < -0.39 is 23.4 Å². The Labute approximate surface area is 136 Å². The van der Waals surface area contributed by atoms with Crippen molar-refractivity contribution in [2.75, 3.05) is 0 Å². The van der Waals surface area contributed by atoms with Gasteiger partial charge in [-0.1, -0.05) is 6.92 Å². The molecule has 0 bridgehead atoms. The molecular formula is C18H15F5O. The molecule has 0 radical (unpaired) electrons. The SMILES string of the molecule is CCC/C(F)=C(/F)c1ccc(Oc2ccc(C(F)(F)F)cc2)cc1. The van der Waals surface area contributed by atoms with Gasteiger partial charge in [0.15, 0.2) is 5.83 Å². The molecular weight excluding hydrogens is 327 g/mol. The lowest BCUT2D eigenvalue weighted by Gasteiger charge is -2.09. The minimum atomic E-state index is -4.41. The van der Waals surface area contributed by atoms with E-state index in [1.807, 2.05) is 0 Å². The monoisotopic (exact) mass is 342 g/mol. The Balaban J connectivity index is 2.10. The largest absolute Gasteiger partial charge is 0.457 e. The van der Waals surface area contributed by atoms with Crippen LogP contribution in [0.5, 0.6) is 11.5 Å². The van der Waals surface area contributed by atoms with E-state index in [0.717, 1.165) is 12.1 Å². The Hall–Kier alpha value is -2.37. The number of alkyl halides is 3. The van der Waals surface area contributed by atoms with Crippen LogP contribution in [0.4, 0.5) is 22.0 Å². The molecule has 2 aromatic rings. The van der Waals surface area contributed by atoms with Crippen molar-refractivity contribution in [1.29, 1.82) is 0 Å². The first-order valence-corrected chi connectivity index (χ1v) is 7.31. The molecule has 0 amide bonds. The molecule has 2 rings (SSSR count). The Morgan fingerprint density at radius 2 is 1.38 bits per heavy atom. The lowest BCUT2D eigenvalue weighted by Crippen LogP contribution is -2.03. The van der Waals surface area contributed by atoms with E-state index in [4.69, 9.17) is 4.74 Å². The molecule has 2 aromatic carbocycles. The van der Waals surface area contributed by atoms with E-state index in [-0.39, 0.29) is 17.7 Å². The Kier molecular flexibility index (Phi) is 5.59. The van der Waals surface area contributed by atoms with Crippen LogP contribution in [-0.2, 0) is 6.18 Å². The topological polar surface area (TPSA) is 9.23 Å². The highest BCUT2D eigenvalue weighted by atomic mass is 19.4. The molecule has 0 saturated carbocycles. The van der Waals surface area contributed by atoms with Crippen LogP contribution in [0, 0.1) is 0 Å². The molecule has 0 aromatic heterocycles. The second kappa shape index (κ2) is 7.47. The number of benzene rings is 2. The lowest BCUT2D eigenvalue weighted by atomic mass is 10.1. The highest BCUT2D eigenvalue weighted by Gasteiger charge is 2.30. The van der Waals surface area contributed by atoms with E-state index >= 15 is 0 Å². The van der Waals surface area contributed by atoms with Crippen LogP contribution in [0.15, 0.2) is 54.4 Å². The van der Waals surface area contributed by atoms with Crippen molar-refractivity contribution < 1.29 is 26.7 Å². The van der Waals surface area contributed by atoms with Gasteiger partial charge in [0.2, 0.25) is 0 Å². The van der Waals surface area contributed by atoms with Crippen molar-refractivity contribution in [3.05, 3.63) is 65.5 Å². The van der Waals surface area contributed by atoms with Crippen molar-refractivity contribution in [3.8, 4) is 11.5 Å². The molecule has 0 unspecified atom stereocenters. The molecule has 0 aliphatic carbocycles. The number of hydrogen-bond acceptors (Lipinski definition) is 1. The average molecular weight is 342 g/mol. The number of allylic oxidation sites excluding steroid dienone is 1. The van der Waals surface area contributed by atoms with Gasteiger partial charge in [0.1, 0.15) is 17.3 Å². The van der Waals surface area contributed by atoms with Crippen LogP contribution in [0.1, 0.15) is 30.9 Å². The summed E-state index contributed by atoms with van der Waals surface area (Å²) in [5.74, 6) is -1.21. The van der Waals surface area contributed by atoms with E-state index in [9.17, 15) is 22.0 Å². The minimum absolute atomic E-state index is 0.0235. The van der Waals surface area contributed by atoms with Gasteiger partial charge in [0.25, 0.3) is 0 Å². The molecule has 0 N–H and O–H groups in total. The second-order valence-corrected chi connectivity index (χ2v) is 5.12. The highest BCUT2D eigenvalue weighted by Crippen LogP contribution is 2.32. The summed E-state index contributed by atoms with van der Waals surface area (Å²) >= 11 is 0. The summed E-state index contributed by atoms with van der Waals surface area (Å²) in [6, 6.07) is 9.75. The normalized spacial score (nSPS) is 12.8. The summed E-state index contributed by atoms with van der Waals surface area (Å²) in [5.41, 5.74) is -0.690. The number of ether oxygens (including phenoxy) is 1. The van der Waals surface area contributed by atoms with Crippen molar-refractivity contribution in [2.45, 2.75) is 25.9 Å². The standard InChI is InChI=1S/C18H15F5O/c1-2-3-16(19)17(20)12-4-8-14(9-5-12)24-15-10-6-13(7-11-15)18(21,22)23/h4-11H,2-3H2,1H3/b17-16-. The van der Waals surface area contributed by atoms with Gasteiger partial charge >= 0.3 is 6.18 Å². The number of halogens is 5. The molecule has 24 heavy (non-hydrogen) atoms. The van der Waals surface area contributed by atoms with Gasteiger partial charge in [-0.2, -0.15) is 13.2 Å². The van der Waals surface area contributed by atoms with Gasteiger partial charge in [-0.05, 0) is 55.0 Å². The first-order valence-electron chi connectivity index (χ1n) is 7.31. The van der Waals surface area contributed by atoms with Crippen LogP contribution >= 0.6 is 0 Å². The summed E-state index contributed by atoms with van der Waals surface area (Å²) in [6.07, 6.45) is -3.89. The maximum Gasteiger partial charge on any atom is 0.416 e. The number of rotatable bonds is 5. The Bertz CT molecular complexity index is 700. The molecule has 0 heterocycles. The predicted molar refractivity (Wildman–Crippen MR) is 82.0 cm³/mol. The van der Waals surface area contributed by atoms with Gasteiger partial charge in [0.05, 0.1) is 5.56 Å². The van der Waals surface area contributed by atoms with Crippen LogP contribution in [-0.4, -0.2) is 0 Å². The van der Waals surface area contributed by atoms with Crippen LogP contribution in [0.2, 0.25) is 0 Å². The molecule has 0 saturated heterocycles. The zero-order valence-corrected chi connectivity index (χ0v) is 12.8. The molecule has 0 atom stereocenters. The number of hydrogen-bond donors (Lipinski definition) is 0. The van der Waals surface area contributed by atoms with E-state index in [2.05, 4.69) is 0 Å². The fraction of sp³-hybridized carbons (Fsp3) is 0.222. The van der Waals surface area contributed by atoms with Crippen molar-refractivity contribution >= 4 is 5.83 Å². The Morgan fingerprint density at radius 1 is 0.875 bits per heavy atom. The molecule has 0 aliphatic heterocycles. The molecule has 6 heteroatoms. The molecule has 0 spiro atoms. The van der Waals surface area contributed by atoms with Gasteiger partial charge in [-0.25, -0.2) is 8.78 Å². The first kappa shape index (κ1) is 18.0.